The van der Waals surface area contributed by atoms with Gasteiger partial charge in [-0.3, -0.25) is 4.79 Å². The molecule has 0 saturated carbocycles. The zero-order chi connectivity index (χ0) is 16.4. The summed E-state index contributed by atoms with van der Waals surface area (Å²) < 4.78 is 11.0. The van der Waals surface area contributed by atoms with Crippen LogP contribution in [-0.4, -0.2) is 15.7 Å². The number of anilines is 1. The van der Waals surface area contributed by atoms with E-state index in [1.54, 1.807) is 30.3 Å². The average molecular weight is 334 g/mol. The summed E-state index contributed by atoms with van der Waals surface area (Å²) in [4.78, 5) is 23.7. The van der Waals surface area contributed by atoms with E-state index >= 15 is 0 Å². The van der Waals surface area contributed by atoms with E-state index in [1.807, 2.05) is 6.92 Å². The highest BCUT2D eigenvalue weighted by Crippen LogP contribution is 2.20. The van der Waals surface area contributed by atoms with E-state index in [2.05, 4.69) is 10.4 Å². The van der Waals surface area contributed by atoms with Gasteiger partial charge in [-0.05, 0) is 36.8 Å². The van der Waals surface area contributed by atoms with Gasteiger partial charge in [0.25, 0.3) is 5.89 Å². The van der Waals surface area contributed by atoms with Crippen LogP contribution in [0.2, 0.25) is 5.02 Å². The first-order valence-corrected chi connectivity index (χ1v) is 7.08. The maximum atomic E-state index is 12.0. The van der Waals surface area contributed by atoms with Crippen molar-refractivity contribution in [1.29, 1.82) is 0 Å². The fourth-order valence-electron chi connectivity index (χ4n) is 1.91. The van der Waals surface area contributed by atoms with Gasteiger partial charge in [-0.15, -0.1) is 5.10 Å². The van der Waals surface area contributed by atoms with Gasteiger partial charge in [-0.2, -0.15) is 4.68 Å². The second-order valence-corrected chi connectivity index (χ2v) is 5.23. The van der Waals surface area contributed by atoms with Gasteiger partial charge in [0.15, 0.2) is 5.76 Å². The lowest BCUT2D eigenvalue weighted by Gasteiger charge is -2.06. The lowest BCUT2D eigenvalue weighted by molar-refractivity contribution is -0.117. The number of carbonyl (C=O) groups excluding carboxylic acids is 1. The molecule has 0 aliphatic heterocycles. The second kappa shape index (κ2) is 6.13. The topological polar surface area (TPSA) is 90.3 Å². The molecule has 1 aromatic carbocycles. The molecule has 0 spiro atoms. The minimum Gasteiger partial charge on any atom is -0.459 e. The largest absolute Gasteiger partial charge is 0.459 e. The number of benzene rings is 1. The van der Waals surface area contributed by atoms with Gasteiger partial charge in [-0.25, -0.2) is 4.79 Å². The van der Waals surface area contributed by atoms with Crippen LogP contribution in [0.25, 0.3) is 11.7 Å². The van der Waals surface area contributed by atoms with E-state index in [1.165, 1.54) is 6.26 Å². The van der Waals surface area contributed by atoms with Gasteiger partial charge in [0.05, 0.1) is 6.26 Å². The van der Waals surface area contributed by atoms with Crippen molar-refractivity contribution in [2.75, 3.05) is 5.32 Å². The van der Waals surface area contributed by atoms with Crippen LogP contribution in [0.4, 0.5) is 5.69 Å². The normalized spacial score (nSPS) is 10.7. The van der Waals surface area contributed by atoms with Crippen LogP contribution in [0.15, 0.2) is 50.2 Å². The van der Waals surface area contributed by atoms with Crippen LogP contribution in [0.5, 0.6) is 0 Å². The Morgan fingerprint density at radius 1 is 1.39 bits per heavy atom. The summed E-state index contributed by atoms with van der Waals surface area (Å²) in [5.41, 5.74) is 1.44. The van der Waals surface area contributed by atoms with Crippen molar-refractivity contribution in [3.8, 4) is 11.7 Å². The highest BCUT2D eigenvalue weighted by Gasteiger charge is 2.15. The Kier molecular flexibility index (Phi) is 4.03. The third-order valence-electron chi connectivity index (χ3n) is 3.09. The van der Waals surface area contributed by atoms with E-state index in [0.717, 1.165) is 10.2 Å². The lowest BCUT2D eigenvalue weighted by Crippen LogP contribution is -2.25. The summed E-state index contributed by atoms with van der Waals surface area (Å²) in [6, 6.07) is 8.38. The first-order valence-electron chi connectivity index (χ1n) is 6.71. The van der Waals surface area contributed by atoms with E-state index < -0.39 is 11.7 Å². The minimum absolute atomic E-state index is 0.0196. The van der Waals surface area contributed by atoms with E-state index in [-0.39, 0.29) is 12.4 Å². The van der Waals surface area contributed by atoms with Crippen LogP contribution >= 0.6 is 11.6 Å². The molecule has 3 aromatic rings. The minimum atomic E-state index is -0.742. The monoisotopic (exact) mass is 333 g/mol. The molecule has 0 bridgehead atoms. The average Bonchev–Trinajstić information content (AvgIpc) is 3.13. The number of hydrogen-bond donors (Lipinski definition) is 1. The Bertz CT molecular complexity index is 896. The van der Waals surface area contributed by atoms with Crippen molar-refractivity contribution in [1.82, 2.24) is 9.78 Å². The molecule has 0 aliphatic carbocycles. The Morgan fingerprint density at radius 2 is 2.22 bits per heavy atom. The van der Waals surface area contributed by atoms with Crippen molar-refractivity contribution in [3.63, 3.8) is 0 Å². The molecule has 0 unspecified atom stereocenters. The standard InChI is InChI=1S/C15H12ClN3O4/c1-9-4-5-10(7-11(9)16)17-13(20)8-19-15(21)23-14(18-19)12-3-2-6-22-12/h2-7H,8H2,1H3,(H,17,20). The molecule has 2 heterocycles. The molecule has 0 saturated heterocycles. The van der Waals surface area contributed by atoms with Gasteiger partial charge in [0.2, 0.25) is 5.91 Å². The number of carbonyl (C=O) groups is 1. The Hall–Kier alpha value is -2.80. The predicted molar refractivity (Wildman–Crippen MR) is 83.3 cm³/mol. The number of rotatable bonds is 4. The molecule has 0 fully saturated rings. The lowest BCUT2D eigenvalue weighted by atomic mass is 10.2. The number of hydrogen-bond acceptors (Lipinski definition) is 5. The first-order chi connectivity index (χ1) is 11.0. The Labute approximate surface area is 135 Å². The highest BCUT2D eigenvalue weighted by atomic mass is 35.5. The van der Waals surface area contributed by atoms with Gasteiger partial charge in [0, 0.05) is 10.7 Å². The van der Waals surface area contributed by atoms with Crippen molar-refractivity contribution in [2.24, 2.45) is 0 Å². The van der Waals surface area contributed by atoms with Gasteiger partial charge in [0.1, 0.15) is 6.54 Å². The smallest absolute Gasteiger partial charge is 0.437 e. The Morgan fingerprint density at radius 3 is 2.91 bits per heavy atom. The molecule has 3 rings (SSSR count). The second-order valence-electron chi connectivity index (χ2n) is 4.82. The van der Waals surface area contributed by atoms with Crippen LogP contribution in [0.3, 0.4) is 0 Å². The number of amides is 1. The number of halogens is 1. The molecule has 0 radical (unpaired) electrons. The molecule has 2 aromatic heterocycles. The SMILES string of the molecule is Cc1ccc(NC(=O)Cn2nc(-c3ccco3)oc2=O)cc1Cl. The molecule has 1 amide bonds. The number of aryl methyl sites for hydroxylation is 1. The zero-order valence-corrected chi connectivity index (χ0v) is 12.8. The van der Waals surface area contributed by atoms with Gasteiger partial charge < -0.3 is 14.2 Å². The zero-order valence-electron chi connectivity index (χ0n) is 12.1. The summed E-state index contributed by atoms with van der Waals surface area (Å²) in [6.45, 7) is 1.58. The van der Waals surface area contributed by atoms with Gasteiger partial charge in [-0.1, -0.05) is 17.7 Å². The number of furan rings is 1. The van der Waals surface area contributed by atoms with Crippen molar-refractivity contribution in [3.05, 3.63) is 57.7 Å². The molecule has 23 heavy (non-hydrogen) atoms. The first kappa shape index (κ1) is 15.1. The molecular formula is C15H12ClN3O4. The summed E-state index contributed by atoms with van der Waals surface area (Å²) in [5, 5.41) is 7.11. The number of nitrogens with zero attached hydrogens (tertiary/aromatic N) is 2. The molecule has 8 heteroatoms. The number of aromatic nitrogens is 2. The molecular weight excluding hydrogens is 322 g/mol. The summed E-state index contributed by atoms with van der Waals surface area (Å²) in [7, 11) is 0. The maximum Gasteiger partial charge on any atom is 0.437 e. The van der Waals surface area contributed by atoms with Crippen LogP contribution in [0, 0.1) is 6.92 Å². The van der Waals surface area contributed by atoms with Crippen LogP contribution < -0.4 is 11.1 Å². The highest BCUT2D eigenvalue weighted by molar-refractivity contribution is 6.31. The summed E-state index contributed by atoms with van der Waals surface area (Å²) in [6.07, 6.45) is 1.43. The van der Waals surface area contributed by atoms with Crippen molar-refractivity contribution >= 4 is 23.2 Å². The fourth-order valence-corrected chi connectivity index (χ4v) is 2.09. The predicted octanol–water partition coefficient (Wildman–Crippen LogP) is 2.70. The Balaban J connectivity index is 1.73. The van der Waals surface area contributed by atoms with Crippen molar-refractivity contribution < 1.29 is 13.6 Å². The van der Waals surface area contributed by atoms with Crippen molar-refractivity contribution in [2.45, 2.75) is 13.5 Å². The quantitative estimate of drug-likeness (QED) is 0.792. The third-order valence-corrected chi connectivity index (χ3v) is 3.49. The van der Waals surface area contributed by atoms with E-state index in [0.29, 0.717) is 16.5 Å². The van der Waals surface area contributed by atoms with E-state index in [9.17, 15) is 9.59 Å². The molecule has 7 nitrogen and oxygen atoms in total. The van der Waals surface area contributed by atoms with E-state index in [4.69, 9.17) is 20.4 Å². The molecule has 118 valence electrons. The third kappa shape index (κ3) is 3.35. The van der Waals surface area contributed by atoms with Crippen LogP contribution in [0.1, 0.15) is 5.56 Å². The molecule has 0 atom stereocenters. The van der Waals surface area contributed by atoms with Crippen LogP contribution in [-0.2, 0) is 11.3 Å². The maximum absolute atomic E-state index is 12.0. The number of nitrogens with one attached hydrogen (secondary N) is 1. The van der Waals surface area contributed by atoms with Gasteiger partial charge >= 0.3 is 5.76 Å². The summed E-state index contributed by atoms with van der Waals surface area (Å²) in [5.74, 6) is -0.836. The summed E-state index contributed by atoms with van der Waals surface area (Å²) >= 11 is 6.00. The molecule has 0 aliphatic rings. The molecule has 1 N–H and O–H groups in total. The fraction of sp³-hybridized carbons (Fsp3) is 0.133.